The maximum Gasteiger partial charge on any atom is 0.469 e. The number of fused-ring (bicyclic) bond motifs is 1. The topological polar surface area (TPSA) is 175 Å². The number of phosphoric acid groups is 1. The molecule has 2 aromatic heterocycles. The van der Waals surface area contributed by atoms with Crippen molar-refractivity contribution >= 4 is 24.9 Å². The van der Waals surface area contributed by atoms with Crippen molar-refractivity contribution in [2.75, 3.05) is 18.9 Å². The van der Waals surface area contributed by atoms with E-state index in [1.165, 1.54) is 10.9 Å². The Balaban J connectivity index is 1.86. The highest BCUT2D eigenvalue weighted by Crippen LogP contribution is 2.38. The van der Waals surface area contributed by atoms with Gasteiger partial charge in [0.15, 0.2) is 12.6 Å². The summed E-state index contributed by atoms with van der Waals surface area (Å²) in [5.41, 5.74) is 2.78. The Bertz CT molecular complexity index is 830. The minimum atomic E-state index is -4.67. The lowest BCUT2D eigenvalue weighted by molar-refractivity contribution is -0.0424. The van der Waals surface area contributed by atoms with Gasteiger partial charge in [0.2, 0.25) is 11.8 Å². The van der Waals surface area contributed by atoms with Crippen LogP contribution in [0.15, 0.2) is 6.33 Å². The molecule has 2 aromatic rings. The number of hydrogen-bond donors (Lipinski definition) is 4. The Kier molecular flexibility index (Phi) is 4.54. The van der Waals surface area contributed by atoms with Crippen molar-refractivity contribution in [2.24, 2.45) is 0 Å². The van der Waals surface area contributed by atoms with Gasteiger partial charge in [-0.15, -0.1) is 0 Å². The molecule has 138 valence electrons. The molecule has 3 atom stereocenters. The van der Waals surface area contributed by atoms with E-state index in [4.69, 9.17) is 20.7 Å². The Morgan fingerprint density at radius 3 is 3.04 bits per heavy atom. The van der Waals surface area contributed by atoms with Crippen LogP contribution in [0.4, 0.5) is 5.95 Å². The second-order valence-electron chi connectivity index (χ2n) is 5.33. The molecule has 5 N–H and O–H groups in total. The quantitative estimate of drug-likeness (QED) is 0.460. The van der Waals surface area contributed by atoms with Crippen LogP contribution in [-0.4, -0.2) is 59.8 Å². The smallest absolute Gasteiger partial charge is 0.469 e. The maximum absolute atomic E-state index is 10.8. The fourth-order valence-electron chi connectivity index (χ4n) is 2.55. The van der Waals surface area contributed by atoms with E-state index in [0.29, 0.717) is 17.8 Å². The minimum Gasteiger partial charge on any atom is -0.476 e. The van der Waals surface area contributed by atoms with Crippen LogP contribution in [-0.2, 0) is 13.8 Å². The number of nitrogen functional groups attached to an aromatic ring is 1. The van der Waals surface area contributed by atoms with Crippen molar-refractivity contribution < 1.29 is 34.9 Å². The molecule has 1 aliphatic rings. The first-order chi connectivity index (χ1) is 12.3. The Hall–Kier alpha value is -1.82. The number of aliphatic hydroxyl groups is 1. The van der Waals surface area contributed by atoms with Crippen LogP contribution < -0.4 is 10.5 Å². The molecule has 0 spiro atoms. The second-order valence-corrected chi connectivity index (χ2v) is 6.57. The molecule has 12 nitrogen and oxygen atoms in total. The maximum atomic E-state index is 10.8. The number of rotatable bonds is 7. The van der Waals surface area contributed by atoms with Crippen molar-refractivity contribution in [3.63, 3.8) is 0 Å². The SMILES string of the molecule is [3H]Nc1nc(OCC)c2ncn([C@H]3C[C@H](O)[C@@H](COP(=O)(O)O)O3)c2n1. The van der Waals surface area contributed by atoms with Gasteiger partial charge in [-0.2, -0.15) is 9.97 Å². The van der Waals surface area contributed by atoms with Gasteiger partial charge in [0.1, 0.15) is 12.3 Å². The number of imidazole rings is 1. The molecule has 3 heterocycles. The van der Waals surface area contributed by atoms with E-state index in [1.807, 2.05) is 0 Å². The van der Waals surface area contributed by atoms with Crippen LogP contribution in [0.3, 0.4) is 0 Å². The van der Waals surface area contributed by atoms with Crippen molar-refractivity contribution in [2.45, 2.75) is 31.8 Å². The van der Waals surface area contributed by atoms with Crippen LogP contribution in [0.1, 0.15) is 19.6 Å². The van der Waals surface area contributed by atoms with E-state index in [1.54, 1.807) is 6.92 Å². The lowest BCUT2D eigenvalue weighted by Crippen LogP contribution is -2.25. The Labute approximate surface area is 143 Å². The molecule has 0 unspecified atom stereocenters. The van der Waals surface area contributed by atoms with Gasteiger partial charge < -0.3 is 30.1 Å². The third-order valence-corrected chi connectivity index (χ3v) is 4.08. The zero-order valence-electron chi connectivity index (χ0n) is 14.1. The first-order valence-electron chi connectivity index (χ1n) is 7.91. The molecule has 0 aliphatic carbocycles. The fraction of sp³-hybridized carbons (Fsp3) is 0.583. The Morgan fingerprint density at radius 2 is 2.36 bits per heavy atom. The van der Waals surface area contributed by atoms with Crippen LogP contribution in [0.2, 0.25) is 1.41 Å². The zero-order chi connectivity index (χ0) is 18.9. The fourth-order valence-corrected chi connectivity index (χ4v) is 2.89. The number of phosphoric ester groups is 1. The van der Waals surface area contributed by atoms with E-state index >= 15 is 0 Å². The third kappa shape index (κ3) is 3.89. The number of anilines is 1. The van der Waals surface area contributed by atoms with Crippen molar-refractivity contribution in [1.82, 2.24) is 19.5 Å². The van der Waals surface area contributed by atoms with Gasteiger partial charge in [0.05, 0.1) is 25.6 Å². The summed E-state index contributed by atoms with van der Waals surface area (Å²) in [6.07, 6.45) is -1.04. The summed E-state index contributed by atoms with van der Waals surface area (Å²) >= 11 is 0. The van der Waals surface area contributed by atoms with Crippen LogP contribution >= 0.6 is 7.82 Å². The molecule has 3 rings (SSSR count). The monoisotopic (exact) mass is 377 g/mol. The second kappa shape index (κ2) is 6.83. The third-order valence-electron chi connectivity index (χ3n) is 3.59. The first kappa shape index (κ1) is 16.6. The lowest BCUT2D eigenvalue weighted by Gasteiger charge is -2.16. The minimum absolute atomic E-state index is 0.00243. The number of aromatic nitrogens is 4. The summed E-state index contributed by atoms with van der Waals surface area (Å²) < 4.78 is 35.0. The van der Waals surface area contributed by atoms with E-state index < -0.39 is 32.9 Å². The predicted octanol–water partition coefficient (Wildman–Crippen LogP) is -0.435. The molecule has 0 bridgehead atoms. The van der Waals surface area contributed by atoms with Crippen LogP contribution in [0.25, 0.3) is 11.2 Å². The molecule has 0 amide bonds. The number of aliphatic hydroxyl groups excluding tert-OH is 1. The highest BCUT2D eigenvalue weighted by molar-refractivity contribution is 7.46. The van der Waals surface area contributed by atoms with Crippen LogP contribution in [0.5, 0.6) is 5.88 Å². The first-order valence-corrected chi connectivity index (χ1v) is 8.94. The molecule has 1 fully saturated rings. The summed E-state index contributed by atoms with van der Waals surface area (Å²) in [6, 6.07) is 0. The van der Waals surface area contributed by atoms with E-state index in [0.717, 1.165) is 0 Å². The number of nitrogens with two attached hydrogens (primary N) is 1. The molecule has 1 saturated heterocycles. The average molecular weight is 377 g/mol. The zero-order valence-corrected chi connectivity index (χ0v) is 14.0. The summed E-state index contributed by atoms with van der Waals surface area (Å²) in [5.74, 6) is 0.202. The standard InChI is InChI=1S/C12H18N5O7P/c1-2-22-11-9-10(15-12(13)16-11)17(5-14-9)8-3-6(18)7(24-8)4-23-25(19,20)21/h5-8,18H,2-4H2,1H3,(H2,13,15,16)(H2,19,20,21)/t6-,7+,8+/m0/s1/i/hT. The highest BCUT2D eigenvalue weighted by atomic mass is 31.2. The van der Waals surface area contributed by atoms with Crippen LogP contribution in [0, 0.1) is 0 Å². The van der Waals surface area contributed by atoms with Gasteiger partial charge in [-0.25, -0.2) is 9.55 Å². The number of hydrogen-bond acceptors (Lipinski definition) is 9. The largest absolute Gasteiger partial charge is 0.476 e. The molecule has 1 aliphatic heterocycles. The summed E-state index contributed by atoms with van der Waals surface area (Å²) in [4.78, 5) is 30.0. The van der Waals surface area contributed by atoms with Crippen molar-refractivity contribution in [3.05, 3.63) is 6.33 Å². The molecule has 0 saturated carbocycles. The predicted molar refractivity (Wildman–Crippen MR) is 83.4 cm³/mol. The van der Waals surface area contributed by atoms with Gasteiger partial charge in [0.25, 0.3) is 0 Å². The van der Waals surface area contributed by atoms with Gasteiger partial charge in [-0.05, 0) is 6.92 Å². The average Bonchev–Trinajstić information content (AvgIpc) is 3.15. The van der Waals surface area contributed by atoms with E-state index in [-0.39, 0.29) is 18.2 Å². The van der Waals surface area contributed by atoms with Gasteiger partial charge in [0, 0.05) is 6.42 Å². The normalized spacial score (nSPS) is 24.5. The molecule has 0 aromatic carbocycles. The van der Waals surface area contributed by atoms with Crippen molar-refractivity contribution in [1.29, 1.82) is 0 Å². The van der Waals surface area contributed by atoms with E-state index in [2.05, 4.69) is 25.2 Å². The molecule has 0 radical (unpaired) electrons. The van der Waals surface area contributed by atoms with E-state index in [9.17, 15) is 9.67 Å². The van der Waals surface area contributed by atoms with Gasteiger partial charge in [-0.3, -0.25) is 9.09 Å². The van der Waals surface area contributed by atoms with Gasteiger partial charge >= 0.3 is 7.82 Å². The number of ether oxygens (including phenoxy) is 2. The summed E-state index contributed by atoms with van der Waals surface area (Å²) in [5, 5.41) is 10.1. The number of nitrogens with zero attached hydrogens (tertiary/aromatic N) is 4. The van der Waals surface area contributed by atoms with Gasteiger partial charge in [-0.1, -0.05) is 0 Å². The molecule has 25 heavy (non-hydrogen) atoms. The molecular weight excluding hydrogens is 357 g/mol. The van der Waals surface area contributed by atoms with Crippen molar-refractivity contribution in [3.8, 4) is 5.88 Å². The summed E-state index contributed by atoms with van der Waals surface area (Å²) in [7, 11) is -4.67. The highest BCUT2D eigenvalue weighted by Gasteiger charge is 2.37. The summed E-state index contributed by atoms with van der Waals surface area (Å²) in [6.45, 7) is 1.66. The molecule has 13 heteroatoms. The Morgan fingerprint density at radius 1 is 1.56 bits per heavy atom. The molecular formula is C12H18N5O7P. The lowest BCUT2D eigenvalue weighted by atomic mass is 10.2.